The highest BCUT2D eigenvalue weighted by Gasteiger charge is 2.27. The smallest absolute Gasteiger partial charge is 0.0906 e. The maximum Gasteiger partial charge on any atom is 0.0906 e. The molecule has 0 saturated heterocycles. The zero-order valence-corrected chi connectivity index (χ0v) is 7.30. The molecule has 0 radical (unpaired) electrons. The maximum absolute atomic E-state index is 11.9. The standard InChI is InChI=1S/C9H15FN2/c10-5-1-7-12(8-2-6-11)9-3-4-9/h9H,1-5,7-8H2. The van der Waals surface area contributed by atoms with Crippen molar-refractivity contribution in [3.63, 3.8) is 0 Å². The first kappa shape index (κ1) is 9.47. The number of hydrogen-bond acceptors (Lipinski definition) is 2. The summed E-state index contributed by atoms with van der Waals surface area (Å²) in [5.74, 6) is 0. The highest BCUT2D eigenvalue weighted by Crippen LogP contribution is 2.26. The summed E-state index contributed by atoms with van der Waals surface area (Å²) in [6.45, 7) is 1.40. The van der Waals surface area contributed by atoms with Crippen LogP contribution in [0.1, 0.15) is 25.7 Å². The lowest BCUT2D eigenvalue weighted by atomic mass is 10.3. The Morgan fingerprint density at radius 1 is 1.42 bits per heavy atom. The second-order valence-corrected chi connectivity index (χ2v) is 3.22. The van der Waals surface area contributed by atoms with E-state index in [2.05, 4.69) is 11.0 Å². The zero-order valence-electron chi connectivity index (χ0n) is 7.30. The monoisotopic (exact) mass is 170 g/mol. The predicted octanol–water partition coefficient (Wildman–Crippen LogP) is 1.72. The van der Waals surface area contributed by atoms with E-state index in [0.29, 0.717) is 18.9 Å². The number of hydrogen-bond donors (Lipinski definition) is 0. The first-order valence-electron chi connectivity index (χ1n) is 4.55. The summed E-state index contributed by atoms with van der Waals surface area (Å²) in [6.07, 6.45) is 3.65. The summed E-state index contributed by atoms with van der Waals surface area (Å²) in [7, 11) is 0. The second kappa shape index (κ2) is 5.10. The van der Waals surface area contributed by atoms with Crippen LogP contribution in [-0.4, -0.2) is 30.7 Å². The van der Waals surface area contributed by atoms with Crippen LogP contribution >= 0.6 is 0 Å². The third kappa shape index (κ3) is 3.19. The van der Waals surface area contributed by atoms with Gasteiger partial charge in [-0.3, -0.25) is 9.29 Å². The van der Waals surface area contributed by atoms with Gasteiger partial charge in [0.05, 0.1) is 12.7 Å². The normalized spacial score (nSPS) is 16.4. The Kier molecular flexibility index (Phi) is 4.02. The van der Waals surface area contributed by atoms with Crippen molar-refractivity contribution in [2.45, 2.75) is 31.7 Å². The number of halogens is 1. The van der Waals surface area contributed by atoms with Gasteiger partial charge in [0.15, 0.2) is 0 Å². The van der Waals surface area contributed by atoms with Crippen LogP contribution in [0.25, 0.3) is 0 Å². The van der Waals surface area contributed by atoms with Crippen molar-refractivity contribution < 1.29 is 4.39 Å². The minimum atomic E-state index is -0.240. The molecule has 12 heavy (non-hydrogen) atoms. The number of rotatable bonds is 6. The van der Waals surface area contributed by atoms with Gasteiger partial charge in [-0.25, -0.2) is 0 Å². The largest absolute Gasteiger partial charge is 0.299 e. The van der Waals surface area contributed by atoms with E-state index in [1.54, 1.807) is 0 Å². The van der Waals surface area contributed by atoms with Gasteiger partial charge >= 0.3 is 0 Å². The molecule has 68 valence electrons. The van der Waals surface area contributed by atoms with Crippen LogP contribution in [0.3, 0.4) is 0 Å². The lowest BCUT2D eigenvalue weighted by Crippen LogP contribution is -2.28. The zero-order chi connectivity index (χ0) is 8.81. The molecule has 1 fully saturated rings. The first-order valence-corrected chi connectivity index (χ1v) is 4.55. The Hall–Kier alpha value is -0.620. The van der Waals surface area contributed by atoms with Crippen molar-refractivity contribution in [1.82, 2.24) is 4.90 Å². The molecule has 2 nitrogen and oxygen atoms in total. The van der Waals surface area contributed by atoms with E-state index in [0.717, 1.165) is 13.1 Å². The van der Waals surface area contributed by atoms with Crippen molar-refractivity contribution in [3.05, 3.63) is 0 Å². The summed E-state index contributed by atoms with van der Waals surface area (Å²) >= 11 is 0. The summed E-state index contributed by atoms with van der Waals surface area (Å²) < 4.78 is 11.9. The van der Waals surface area contributed by atoms with Crippen LogP contribution in [0.15, 0.2) is 0 Å². The molecule has 1 rings (SSSR count). The van der Waals surface area contributed by atoms with Crippen LogP contribution in [0, 0.1) is 11.3 Å². The average Bonchev–Trinajstić information content (AvgIpc) is 2.88. The third-order valence-electron chi connectivity index (χ3n) is 2.15. The molecule has 3 heteroatoms. The topological polar surface area (TPSA) is 27.0 Å². The van der Waals surface area contributed by atoms with Crippen molar-refractivity contribution in [3.8, 4) is 6.07 Å². The molecule has 0 aromatic rings. The average molecular weight is 170 g/mol. The molecule has 0 bridgehead atoms. The molecular weight excluding hydrogens is 155 g/mol. The molecule has 0 amide bonds. The van der Waals surface area contributed by atoms with Crippen LogP contribution in [-0.2, 0) is 0 Å². The molecule has 1 aliphatic carbocycles. The van der Waals surface area contributed by atoms with Crippen LogP contribution in [0.2, 0.25) is 0 Å². The van der Waals surface area contributed by atoms with Crippen LogP contribution in [0.5, 0.6) is 0 Å². The van der Waals surface area contributed by atoms with Crippen molar-refractivity contribution in [2.75, 3.05) is 19.8 Å². The van der Waals surface area contributed by atoms with E-state index >= 15 is 0 Å². The molecular formula is C9H15FN2. The molecule has 1 saturated carbocycles. The SMILES string of the molecule is N#CCCN(CCCF)C1CC1. The van der Waals surface area contributed by atoms with E-state index in [1.807, 2.05) is 0 Å². The van der Waals surface area contributed by atoms with Crippen molar-refractivity contribution >= 4 is 0 Å². The summed E-state index contributed by atoms with van der Waals surface area (Å²) in [5, 5.41) is 8.39. The number of alkyl halides is 1. The van der Waals surface area contributed by atoms with Gasteiger partial charge in [-0.15, -0.1) is 0 Å². The maximum atomic E-state index is 11.9. The van der Waals surface area contributed by atoms with Crippen molar-refractivity contribution in [1.29, 1.82) is 5.26 Å². The predicted molar refractivity (Wildman–Crippen MR) is 45.4 cm³/mol. The molecule has 0 aliphatic heterocycles. The minimum Gasteiger partial charge on any atom is -0.299 e. The van der Waals surface area contributed by atoms with Gasteiger partial charge in [0.2, 0.25) is 0 Å². The van der Waals surface area contributed by atoms with Gasteiger partial charge in [-0.1, -0.05) is 0 Å². The first-order chi connectivity index (χ1) is 5.88. The quantitative estimate of drug-likeness (QED) is 0.607. The van der Waals surface area contributed by atoms with Crippen LogP contribution < -0.4 is 0 Å². The Balaban J connectivity index is 2.14. The summed E-state index contributed by atoms with van der Waals surface area (Å²) in [4.78, 5) is 2.24. The van der Waals surface area contributed by atoms with E-state index in [1.165, 1.54) is 12.8 Å². The van der Waals surface area contributed by atoms with Gasteiger partial charge in [0.25, 0.3) is 0 Å². The van der Waals surface area contributed by atoms with Gasteiger partial charge in [0, 0.05) is 25.6 Å². The second-order valence-electron chi connectivity index (χ2n) is 3.22. The Bertz CT molecular complexity index is 160. The molecule has 1 aliphatic rings. The number of nitriles is 1. The molecule has 0 heterocycles. The van der Waals surface area contributed by atoms with E-state index < -0.39 is 0 Å². The minimum absolute atomic E-state index is 0.240. The molecule has 0 unspecified atom stereocenters. The third-order valence-corrected chi connectivity index (χ3v) is 2.15. The fourth-order valence-electron chi connectivity index (χ4n) is 1.37. The van der Waals surface area contributed by atoms with Crippen LogP contribution in [0.4, 0.5) is 4.39 Å². The van der Waals surface area contributed by atoms with E-state index in [4.69, 9.17) is 5.26 Å². The van der Waals surface area contributed by atoms with Crippen molar-refractivity contribution in [2.24, 2.45) is 0 Å². The molecule has 0 spiro atoms. The highest BCUT2D eigenvalue weighted by atomic mass is 19.1. The van der Waals surface area contributed by atoms with Gasteiger partial charge in [-0.2, -0.15) is 5.26 Å². The molecule has 0 aromatic heterocycles. The molecule has 0 N–H and O–H groups in total. The van der Waals surface area contributed by atoms with E-state index in [-0.39, 0.29) is 6.67 Å². The fraction of sp³-hybridized carbons (Fsp3) is 0.889. The number of nitrogens with zero attached hydrogens (tertiary/aromatic N) is 2. The Morgan fingerprint density at radius 3 is 2.67 bits per heavy atom. The van der Waals surface area contributed by atoms with Gasteiger partial charge in [0.1, 0.15) is 0 Å². The Morgan fingerprint density at radius 2 is 2.17 bits per heavy atom. The lowest BCUT2D eigenvalue weighted by molar-refractivity contribution is 0.254. The fourth-order valence-corrected chi connectivity index (χ4v) is 1.37. The molecule has 0 aromatic carbocycles. The molecule has 0 atom stereocenters. The van der Waals surface area contributed by atoms with E-state index in [9.17, 15) is 4.39 Å². The van der Waals surface area contributed by atoms with Gasteiger partial charge < -0.3 is 0 Å². The lowest BCUT2D eigenvalue weighted by Gasteiger charge is -2.19. The highest BCUT2D eigenvalue weighted by molar-refractivity contribution is 4.86. The summed E-state index contributed by atoms with van der Waals surface area (Å²) in [6, 6.07) is 2.78. The Labute approximate surface area is 73.0 Å². The van der Waals surface area contributed by atoms with Gasteiger partial charge in [-0.05, 0) is 19.3 Å². The summed E-state index contributed by atoms with van der Waals surface area (Å²) in [5.41, 5.74) is 0.